The molecule has 0 radical (unpaired) electrons. The van der Waals surface area contributed by atoms with Crippen molar-refractivity contribution in [3.05, 3.63) is 52.0 Å². The van der Waals surface area contributed by atoms with Crippen LogP contribution in [0.5, 0.6) is 0 Å². The number of piperidine rings is 1. The third-order valence-electron chi connectivity index (χ3n) is 5.72. The van der Waals surface area contributed by atoms with Gasteiger partial charge < -0.3 is 5.32 Å². The van der Waals surface area contributed by atoms with Crippen molar-refractivity contribution in [1.29, 1.82) is 0 Å². The molecule has 1 fully saturated rings. The second-order valence-electron chi connectivity index (χ2n) is 7.85. The van der Waals surface area contributed by atoms with Gasteiger partial charge in [0.1, 0.15) is 4.83 Å². The number of thiophene rings is 1. The molecule has 1 aliphatic heterocycles. The number of aromatic nitrogens is 2. The minimum absolute atomic E-state index is 0.0215. The fraction of sp³-hybridized carbons (Fsp3) is 0.455. The fourth-order valence-corrected chi connectivity index (χ4v) is 5.02. The molecule has 3 aromatic rings. The van der Waals surface area contributed by atoms with Crippen LogP contribution in [0.1, 0.15) is 52.7 Å². The Morgan fingerprint density at radius 2 is 2.00 bits per heavy atom. The standard InChI is InChI=1S/C22H28N4OS/c1-15-6-4-5-11-26(15)14-18-9-7-17(8-10-18)13-23-21(27)20-12-19-16(2)24-25(3)22(19)28-20/h7-10,12,15H,4-6,11,13-14H2,1-3H3,(H,23,27). The van der Waals surface area contributed by atoms with E-state index in [9.17, 15) is 4.79 Å². The summed E-state index contributed by atoms with van der Waals surface area (Å²) in [5.74, 6) is -0.0215. The van der Waals surface area contributed by atoms with Gasteiger partial charge in [0.15, 0.2) is 0 Å². The molecule has 2 aromatic heterocycles. The molecule has 148 valence electrons. The van der Waals surface area contributed by atoms with E-state index in [1.54, 1.807) is 0 Å². The Morgan fingerprint density at radius 3 is 2.71 bits per heavy atom. The lowest BCUT2D eigenvalue weighted by molar-refractivity contribution is 0.0955. The molecule has 1 atom stereocenters. The average Bonchev–Trinajstić information content (AvgIpc) is 3.24. The molecular weight excluding hydrogens is 368 g/mol. The van der Waals surface area contributed by atoms with Gasteiger partial charge in [0.05, 0.1) is 10.6 Å². The van der Waals surface area contributed by atoms with Crippen molar-refractivity contribution in [1.82, 2.24) is 20.0 Å². The summed E-state index contributed by atoms with van der Waals surface area (Å²) < 4.78 is 1.84. The van der Waals surface area contributed by atoms with E-state index in [1.807, 2.05) is 24.7 Å². The van der Waals surface area contributed by atoms with Gasteiger partial charge in [-0.05, 0) is 50.4 Å². The smallest absolute Gasteiger partial charge is 0.261 e. The van der Waals surface area contributed by atoms with Crippen molar-refractivity contribution in [2.45, 2.75) is 52.2 Å². The first-order valence-electron chi connectivity index (χ1n) is 10.0. The normalized spacial score (nSPS) is 17.9. The first-order chi connectivity index (χ1) is 13.5. The van der Waals surface area contributed by atoms with Gasteiger partial charge >= 0.3 is 0 Å². The maximum Gasteiger partial charge on any atom is 0.261 e. The van der Waals surface area contributed by atoms with Gasteiger partial charge in [0, 0.05) is 31.6 Å². The number of aryl methyl sites for hydroxylation is 2. The molecule has 0 aliphatic carbocycles. The summed E-state index contributed by atoms with van der Waals surface area (Å²) in [6.45, 7) is 7.06. The van der Waals surface area contributed by atoms with Crippen LogP contribution in [0.3, 0.4) is 0 Å². The third-order valence-corrected chi connectivity index (χ3v) is 6.92. The molecule has 6 heteroatoms. The van der Waals surface area contributed by atoms with Gasteiger partial charge in [-0.3, -0.25) is 14.4 Å². The van der Waals surface area contributed by atoms with Crippen molar-refractivity contribution in [3.8, 4) is 0 Å². The Bertz CT molecular complexity index is 938. The highest BCUT2D eigenvalue weighted by molar-refractivity contribution is 7.20. The van der Waals surface area contributed by atoms with Gasteiger partial charge in [-0.25, -0.2) is 0 Å². The van der Waals surface area contributed by atoms with E-state index in [-0.39, 0.29) is 5.91 Å². The van der Waals surface area contributed by atoms with Crippen LogP contribution in [0, 0.1) is 6.92 Å². The van der Waals surface area contributed by atoms with Crippen LogP contribution in [0.15, 0.2) is 30.3 Å². The first-order valence-corrected chi connectivity index (χ1v) is 10.9. The molecule has 28 heavy (non-hydrogen) atoms. The molecule has 1 aromatic carbocycles. The van der Waals surface area contributed by atoms with Crippen LogP contribution in [0.4, 0.5) is 0 Å². The number of benzene rings is 1. The Kier molecular flexibility index (Phi) is 5.51. The molecule has 1 N–H and O–H groups in total. The van der Waals surface area contributed by atoms with E-state index >= 15 is 0 Å². The van der Waals surface area contributed by atoms with Gasteiger partial charge in [0.25, 0.3) is 5.91 Å². The first kappa shape index (κ1) is 19.2. The number of likely N-dealkylation sites (tertiary alicyclic amines) is 1. The van der Waals surface area contributed by atoms with Crippen molar-refractivity contribution < 1.29 is 4.79 Å². The number of amides is 1. The molecule has 4 rings (SSSR count). The largest absolute Gasteiger partial charge is 0.347 e. The highest BCUT2D eigenvalue weighted by atomic mass is 32.1. The monoisotopic (exact) mass is 396 g/mol. The Balaban J connectivity index is 1.35. The summed E-state index contributed by atoms with van der Waals surface area (Å²) in [6, 6.07) is 11.3. The fourth-order valence-electron chi connectivity index (χ4n) is 3.98. The van der Waals surface area contributed by atoms with Crippen LogP contribution in [-0.4, -0.2) is 33.2 Å². The quantitative estimate of drug-likeness (QED) is 0.701. The lowest BCUT2D eigenvalue weighted by Crippen LogP contribution is -2.36. The van der Waals surface area contributed by atoms with Gasteiger partial charge in [-0.15, -0.1) is 11.3 Å². The molecule has 1 aliphatic rings. The van der Waals surface area contributed by atoms with Crippen LogP contribution >= 0.6 is 11.3 Å². The molecule has 1 unspecified atom stereocenters. The average molecular weight is 397 g/mol. The molecule has 1 saturated heterocycles. The van der Waals surface area contributed by atoms with E-state index in [2.05, 4.69) is 46.5 Å². The maximum atomic E-state index is 12.5. The zero-order chi connectivity index (χ0) is 19.7. The van der Waals surface area contributed by atoms with Crippen molar-refractivity contribution in [2.75, 3.05) is 6.54 Å². The zero-order valence-corrected chi connectivity index (χ0v) is 17.7. The Morgan fingerprint density at radius 1 is 1.25 bits per heavy atom. The number of nitrogens with one attached hydrogen (secondary N) is 1. The van der Waals surface area contributed by atoms with E-state index < -0.39 is 0 Å². The Labute approximate surface area is 170 Å². The molecule has 0 bridgehead atoms. The second-order valence-corrected chi connectivity index (χ2v) is 8.88. The van der Waals surface area contributed by atoms with Crippen molar-refractivity contribution in [2.24, 2.45) is 7.05 Å². The number of nitrogens with zero attached hydrogens (tertiary/aromatic N) is 3. The SMILES string of the molecule is Cc1nn(C)c2sc(C(=O)NCc3ccc(CN4CCCCC4C)cc3)cc12. The van der Waals surface area contributed by atoms with E-state index in [4.69, 9.17) is 0 Å². The van der Waals surface area contributed by atoms with Crippen LogP contribution < -0.4 is 5.32 Å². The number of hydrogen-bond acceptors (Lipinski definition) is 4. The predicted molar refractivity (Wildman–Crippen MR) is 115 cm³/mol. The molecule has 1 amide bonds. The number of rotatable bonds is 5. The maximum absolute atomic E-state index is 12.5. The number of hydrogen-bond donors (Lipinski definition) is 1. The zero-order valence-electron chi connectivity index (χ0n) is 16.9. The van der Waals surface area contributed by atoms with E-state index in [0.717, 1.165) is 32.9 Å². The molecule has 3 heterocycles. The van der Waals surface area contributed by atoms with Crippen LogP contribution in [0.2, 0.25) is 0 Å². The molecule has 0 saturated carbocycles. The minimum Gasteiger partial charge on any atom is -0.347 e. The number of carbonyl (C=O) groups excluding carboxylic acids is 1. The van der Waals surface area contributed by atoms with Crippen LogP contribution in [0.25, 0.3) is 10.2 Å². The summed E-state index contributed by atoms with van der Waals surface area (Å²) in [4.78, 5) is 16.9. The summed E-state index contributed by atoms with van der Waals surface area (Å²) >= 11 is 1.49. The van der Waals surface area contributed by atoms with Gasteiger partial charge in [0.2, 0.25) is 0 Å². The predicted octanol–water partition coefficient (Wildman–Crippen LogP) is 4.25. The molecule has 5 nitrogen and oxygen atoms in total. The van der Waals surface area contributed by atoms with Gasteiger partial charge in [-0.2, -0.15) is 5.10 Å². The molecule has 0 spiro atoms. The Hall–Kier alpha value is -2.18. The highest BCUT2D eigenvalue weighted by Crippen LogP contribution is 2.27. The summed E-state index contributed by atoms with van der Waals surface area (Å²) in [6.07, 6.45) is 3.96. The highest BCUT2D eigenvalue weighted by Gasteiger charge is 2.18. The molecular formula is C22H28N4OS. The summed E-state index contributed by atoms with van der Waals surface area (Å²) in [5.41, 5.74) is 3.44. The van der Waals surface area contributed by atoms with Crippen LogP contribution in [-0.2, 0) is 20.1 Å². The van der Waals surface area contributed by atoms with Gasteiger partial charge in [-0.1, -0.05) is 30.7 Å². The van der Waals surface area contributed by atoms with Crippen molar-refractivity contribution >= 4 is 27.5 Å². The number of fused-ring (bicyclic) bond motifs is 1. The lowest BCUT2D eigenvalue weighted by atomic mass is 10.0. The third kappa shape index (κ3) is 3.98. The minimum atomic E-state index is -0.0215. The summed E-state index contributed by atoms with van der Waals surface area (Å²) in [5, 5.41) is 8.50. The lowest BCUT2D eigenvalue weighted by Gasteiger charge is -2.33. The van der Waals surface area contributed by atoms with E-state index in [0.29, 0.717) is 12.6 Å². The van der Waals surface area contributed by atoms with Crippen molar-refractivity contribution in [3.63, 3.8) is 0 Å². The topological polar surface area (TPSA) is 50.2 Å². The van der Waals surface area contributed by atoms with E-state index in [1.165, 1.54) is 42.7 Å². The number of carbonyl (C=O) groups is 1. The summed E-state index contributed by atoms with van der Waals surface area (Å²) in [7, 11) is 1.92. The second kappa shape index (κ2) is 8.05.